The second kappa shape index (κ2) is 6.16. The van der Waals surface area contributed by atoms with Crippen molar-refractivity contribution >= 4 is 10.8 Å². The van der Waals surface area contributed by atoms with Gasteiger partial charge in [-0.25, -0.2) is 0 Å². The van der Waals surface area contributed by atoms with E-state index in [2.05, 4.69) is 44.3 Å². The Morgan fingerprint density at radius 1 is 1.38 bits per heavy atom. The fraction of sp³-hybridized carbons (Fsp3) is 0.538. The fourth-order valence-electron chi connectivity index (χ4n) is 1.76. The fourth-order valence-corrected chi connectivity index (χ4v) is 2.16. The Hall–Kier alpha value is -0.670. The zero-order chi connectivity index (χ0) is 12.1. The summed E-state index contributed by atoms with van der Waals surface area (Å²) in [4.78, 5) is 0. The maximum Gasteiger partial charge on any atom is 0.0357 e. The van der Waals surface area contributed by atoms with Gasteiger partial charge in [-0.15, -0.1) is 0 Å². The van der Waals surface area contributed by atoms with E-state index in [0.29, 0.717) is 6.04 Å². The number of hydrogen-bond acceptors (Lipinski definition) is 2. The van der Waals surface area contributed by atoms with E-state index in [-0.39, 0.29) is 0 Å². The molecule has 0 aliphatic carbocycles. The molecule has 0 radical (unpaired) electrons. The molecule has 3 heteroatoms. The molecule has 2 unspecified atom stereocenters. The van der Waals surface area contributed by atoms with Gasteiger partial charge >= 0.3 is 0 Å². The number of rotatable bonds is 5. The van der Waals surface area contributed by atoms with E-state index in [0.717, 1.165) is 12.3 Å². The third-order valence-corrected chi connectivity index (χ3v) is 3.52. The lowest BCUT2D eigenvalue weighted by atomic mass is 10.00. The molecule has 0 aromatic heterocycles. The normalized spacial score (nSPS) is 14.8. The predicted molar refractivity (Wildman–Crippen MR) is 71.3 cm³/mol. The van der Waals surface area contributed by atoms with Crippen LogP contribution in [-0.2, 0) is 10.8 Å². The zero-order valence-electron chi connectivity index (χ0n) is 10.5. The number of nitrogens with one attached hydrogen (secondary N) is 1. The van der Waals surface area contributed by atoms with Crippen LogP contribution in [0, 0.1) is 13.8 Å². The quantitative estimate of drug-likeness (QED) is 0.854. The van der Waals surface area contributed by atoms with Crippen LogP contribution in [0.2, 0.25) is 0 Å². The summed E-state index contributed by atoms with van der Waals surface area (Å²) >= 11 is 0. The van der Waals surface area contributed by atoms with Gasteiger partial charge in [-0.3, -0.25) is 4.21 Å². The van der Waals surface area contributed by atoms with Crippen molar-refractivity contribution in [2.75, 3.05) is 18.6 Å². The molecule has 1 aromatic rings. The van der Waals surface area contributed by atoms with E-state index in [4.69, 9.17) is 0 Å². The Kier molecular flexibility index (Phi) is 5.16. The summed E-state index contributed by atoms with van der Waals surface area (Å²) in [6.45, 7) is 7.19. The monoisotopic (exact) mass is 239 g/mol. The minimum atomic E-state index is -0.711. The molecule has 0 spiro atoms. The molecular weight excluding hydrogens is 218 g/mol. The van der Waals surface area contributed by atoms with E-state index in [1.807, 2.05) is 0 Å². The molecule has 0 saturated carbocycles. The van der Waals surface area contributed by atoms with Gasteiger partial charge in [-0.1, -0.05) is 23.8 Å². The number of hydrogen-bond donors (Lipinski definition) is 1. The van der Waals surface area contributed by atoms with Gasteiger partial charge in [0.25, 0.3) is 0 Å². The van der Waals surface area contributed by atoms with Gasteiger partial charge in [0.15, 0.2) is 0 Å². The molecule has 0 aliphatic rings. The third kappa shape index (κ3) is 4.06. The first-order valence-electron chi connectivity index (χ1n) is 5.61. The Bertz CT molecular complexity index is 376. The molecule has 2 atom stereocenters. The number of aryl methyl sites for hydroxylation is 2. The molecule has 0 fully saturated rings. The molecule has 1 rings (SSSR count). The molecular formula is C13H21NOS. The summed E-state index contributed by atoms with van der Waals surface area (Å²) in [7, 11) is -0.711. The van der Waals surface area contributed by atoms with Gasteiger partial charge in [0.05, 0.1) is 0 Å². The lowest BCUT2D eigenvalue weighted by Crippen LogP contribution is -2.24. The molecule has 0 aliphatic heterocycles. The SMILES string of the molecule is Cc1ccc(C)c(C(C)NCCS(C)=O)c1. The lowest BCUT2D eigenvalue weighted by molar-refractivity contribution is 0.594. The van der Waals surface area contributed by atoms with Crippen molar-refractivity contribution < 1.29 is 4.21 Å². The Balaban J connectivity index is 2.61. The van der Waals surface area contributed by atoms with Crippen LogP contribution in [0.3, 0.4) is 0 Å². The van der Waals surface area contributed by atoms with Crippen molar-refractivity contribution in [1.29, 1.82) is 0 Å². The average molecular weight is 239 g/mol. The van der Waals surface area contributed by atoms with Gasteiger partial charge in [0.2, 0.25) is 0 Å². The van der Waals surface area contributed by atoms with Crippen molar-refractivity contribution in [2.45, 2.75) is 26.8 Å². The summed E-state index contributed by atoms with van der Waals surface area (Å²) in [6, 6.07) is 6.83. The highest BCUT2D eigenvalue weighted by molar-refractivity contribution is 7.84. The zero-order valence-corrected chi connectivity index (χ0v) is 11.4. The summed E-state index contributed by atoms with van der Waals surface area (Å²) < 4.78 is 11.0. The first kappa shape index (κ1) is 13.4. The Morgan fingerprint density at radius 2 is 2.06 bits per heavy atom. The van der Waals surface area contributed by atoms with Crippen LogP contribution in [0.5, 0.6) is 0 Å². The highest BCUT2D eigenvalue weighted by Crippen LogP contribution is 2.18. The molecule has 0 amide bonds. The topological polar surface area (TPSA) is 29.1 Å². The molecule has 0 saturated heterocycles. The predicted octanol–water partition coefficient (Wildman–Crippen LogP) is 2.33. The molecule has 16 heavy (non-hydrogen) atoms. The summed E-state index contributed by atoms with van der Waals surface area (Å²) in [6.07, 6.45) is 1.74. The maximum atomic E-state index is 11.0. The van der Waals surface area contributed by atoms with Gasteiger partial charge in [0, 0.05) is 35.4 Å². The van der Waals surface area contributed by atoms with E-state index >= 15 is 0 Å². The second-order valence-electron chi connectivity index (χ2n) is 4.31. The first-order chi connectivity index (χ1) is 7.50. The summed E-state index contributed by atoms with van der Waals surface area (Å²) in [5.41, 5.74) is 3.93. The van der Waals surface area contributed by atoms with E-state index < -0.39 is 10.8 Å². The van der Waals surface area contributed by atoms with Crippen molar-refractivity contribution in [3.8, 4) is 0 Å². The van der Waals surface area contributed by atoms with Crippen LogP contribution >= 0.6 is 0 Å². The summed E-state index contributed by atoms with van der Waals surface area (Å²) in [5.74, 6) is 0.717. The van der Waals surface area contributed by atoms with E-state index in [1.54, 1.807) is 6.26 Å². The minimum Gasteiger partial charge on any atom is -0.309 e. The smallest absolute Gasteiger partial charge is 0.0357 e. The highest BCUT2D eigenvalue weighted by atomic mass is 32.2. The van der Waals surface area contributed by atoms with Crippen molar-refractivity contribution in [1.82, 2.24) is 5.32 Å². The van der Waals surface area contributed by atoms with Crippen molar-refractivity contribution in [3.63, 3.8) is 0 Å². The largest absolute Gasteiger partial charge is 0.309 e. The van der Waals surface area contributed by atoms with Crippen LogP contribution in [0.15, 0.2) is 18.2 Å². The maximum absolute atomic E-state index is 11.0. The van der Waals surface area contributed by atoms with Crippen LogP contribution in [0.1, 0.15) is 29.7 Å². The average Bonchev–Trinajstić information content (AvgIpc) is 2.21. The Labute approximate surface area is 101 Å². The first-order valence-corrected chi connectivity index (χ1v) is 7.34. The highest BCUT2D eigenvalue weighted by Gasteiger charge is 2.07. The van der Waals surface area contributed by atoms with Crippen LogP contribution in [-0.4, -0.2) is 22.8 Å². The van der Waals surface area contributed by atoms with Gasteiger partial charge in [-0.2, -0.15) is 0 Å². The van der Waals surface area contributed by atoms with Crippen LogP contribution in [0.25, 0.3) is 0 Å². The molecule has 1 aromatic carbocycles. The molecule has 1 N–H and O–H groups in total. The van der Waals surface area contributed by atoms with Crippen LogP contribution in [0.4, 0.5) is 0 Å². The van der Waals surface area contributed by atoms with Crippen molar-refractivity contribution in [3.05, 3.63) is 34.9 Å². The second-order valence-corrected chi connectivity index (χ2v) is 5.87. The Morgan fingerprint density at radius 3 is 2.69 bits per heavy atom. The molecule has 0 bridgehead atoms. The van der Waals surface area contributed by atoms with E-state index in [9.17, 15) is 4.21 Å². The van der Waals surface area contributed by atoms with E-state index in [1.165, 1.54) is 16.7 Å². The molecule has 0 heterocycles. The third-order valence-electron chi connectivity index (χ3n) is 2.74. The molecule has 90 valence electrons. The lowest BCUT2D eigenvalue weighted by Gasteiger charge is -2.17. The standard InChI is InChI=1S/C13H21NOS/c1-10-5-6-11(2)13(9-10)12(3)14-7-8-16(4)15/h5-6,9,12,14H,7-8H2,1-4H3. The number of benzene rings is 1. The minimum absolute atomic E-state index is 0.323. The molecule has 2 nitrogen and oxygen atoms in total. The van der Waals surface area contributed by atoms with Crippen molar-refractivity contribution in [2.24, 2.45) is 0 Å². The van der Waals surface area contributed by atoms with Gasteiger partial charge in [0.1, 0.15) is 0 Å². The van der Waals surface area contributed by atoms with Gasteiger partial charge < -0.3 is 5.32 Å². The van der Waals surface area contributed by atoms with Gasteiger partial charge in [-0.05, 0) is 31.9 Å². The summed E-state index contributed by atoms with van der Waals surface area (Å²) in [5, 5.41) is 3.41. The van der Waals surface area contributed by atoms with Crippen LogP contribution < -0.4 is 5.32 Å².